The lowest BCUT2D eigenvalue weighted by Gasteiger charge is -2.27. The number of hydrogen-bond acceptors (Lipinski definition) is 3. The normalized spacial score (nSPS) is 12.0. The molecular formula is C17H25N3O. The van der Waals surface area contributed by atoms with Crippen molar-refractivity contribution in [1.82, 2.24) is 4.90 Å². The van der Waals surface area contributed by atoms with Crippen LogP contribution in [-0.4, -0.2) is 23.9 Å². The maximum atomic E-state index is 12.6. The minimum absolute atomic E-state index is 0.0847. The highest BCUT2D eigenvalue weighted by Crippen LogP contribution is 2.17. The van der Waals surface area contributed by atoms with Crippen LogP contribution in [0.5, 0.6) is 0 Å². The lowest BCUT2D eigenvalue weighted by molar-refractivity contribution is -0.136. The average Bonchev–Trinajstić information content (AvgIpc) is 2.49. The first-order valence-electron chi connectivity index (χ1n) is 7.50. The molecule has 1 unspecified atom stereocenters. The van der Waals surface area contributed by atoms with Crippen LogP contribution in [0.2, 0.25) is 0 Å². The molecule has 0 bridgehead atoms. The molecule has 0 aliphatic rings. The van der Waals surface area contributed by atoms with Gasteiger partial charge in [-0.1, -0.05) is 32.0 Å². The van der Waals surface area contributed by atoms with Crippen molar-refractivity contribution in [1.29, 1.82) is 5.26 Å². The fourth-order valence-corrected chi connectivity index (χ4v) is 2.44. The Kier molecular flexibility index (Phi) is 6.90. The number of rotatable bonds is 7. The van der Waals surface area contributed by atoms with Gasteiger partial charge < -0.3 is 10.6 Å². The first-order chi connectivity index (χ1) is 10.0. The summed E-state index contributed by atoms with van der Waals surface area (Å²) in [4.78, 5) is 14.4. The average molecular weight is 287 g/mol. The van der Waals surface area contributed by atoms with E-state index in [4.69, 9.17) is 11.0 Å². The summed E-state index contributed by atoms with van der Waals surface area (Å²) in [6, 6.07) is 9.58. The van der Waals surface area contributed by atoms with Crippen molar-refractivity contribution in [2.45, 2.75) is 33.7 Å². The van der Waals surface area contributed by atoms with Crippen molar-refractivity contribution >= 4 is 5.91 Å². The number of nitrogens with two attached hydrogens (primary N) is 1. The van der Waals surface area contributed by atoms with Gasteiger partial charge in [-0.3, -0.25) is 4.79 Å². The van der Waals surface area contributed by atoms with Crippen LogP contribution in [0.4, 0.5) is 0 Å². The molecule has 1 rings (SSSR count). The molecule has 0 spiro atoms. The Balaban J connectivity index is 2.87. The lowest BCUT2D eigenvalue weighted by atomic mass is 9.95. The van der Waals surface area contributed by atoms with Crippen molar-refractivity contribution in [2.24, 2.45) is 17.6 Å². The molecule has 0 aromatic heterocycles. The Morgan fingerprint density at radius 2 is 2.05 bits per heavy atom. The van der Waals surface area contributed by atoms with Gasteiger partial charge in [-0.2, -0.15) is 5.26 Å². The zero-order valence-corrected chi connectivity index (χ0v) is 13.2. The predicted molar refractivity (Wildman–Crippen MR) is 84.2 cm³/mol. The topological polar surface area (TPSA) is 70.1 Å². The van der Waals surface area contributed by atoms with Crippen molar-refractivity contribution in [2.75, 3.05) is 13.1 Å². The summed E-state index contributed by atoms with van der Waals surface area (Å²) in [5, 5.41) is 9.14. The second-order valence-electron chi connectivity index (χ2n) is 5.68. The quantitative estimate of drug-likeness (QED) is 0.837. The van der Waals surface area contributed by atoms with E-state index in [-0.39, 0.29) is 11.8 Å². The van der Waals surface area contributed by atoms with Gasteiger partial charge in [0.25, 0.3) is 0 Å². The second kappa shape index (κ2) is 8.43. The molecule has 1 atom stereocenters. The molecule has 114 valence electrons. The van der Waals surface area contributed by atoms with Crippen molar-refractivity contribution < 1.29 is 4.79 Å². The minimum Gasteiger partial charge on any atom is -0.338 e. The number of benzene rings is 1. The minimum atomic E-state index is -0.140. The molecule has 1 amide bonds. The fourth-order valence-electron chi connectivity index (χ4n) is 2.44. The Morgan fingerprint density at radius 1 is 1.38 bits per heavy atom. The summed E-state index contributed by atoms with van der Waals surface area (Å²) in [6.45, 7) is 7.60. The smallest absolute Gasteiger partial charge is 0.227 e. The van der Waals surface area contributed by atoms with E-state index in [0.717, 1.165) is 12.0 Å². The standard InChI is InChI=1S/C17H25N3O/c1-4-20(17(21)16(11-19)9-13(2)3)12-15-8-6-5-7-14(15)10-18/h5-8,13,16H,4,9,11-12,19H2,1-3H3. The van der Waals surface area contributed by atoms with E-state index in [1.165, 1.54) is 0 Å². The molecule has 0 heterocycles. The second-order valence-corrected chi connectivity index (χ2v) is 5.68. The van der Waals surface area contributed by atoms with Gasteiger partial charge >= 0.3 is 0 Å². The molecule has 0 radical (unpaired) electrons. The highest BCUT2D eigenvalue weighted by Gasteiger charge is 2.23. The number of nitriles is 1. The molecule has 0 aliphatic carbocycles. The highest BCUT2D eigenvalue weighted by atomic mass is 16.2. The predicted octanol–water partition coefficient (Wildman–Crippen LogP) is 2.53. The van der Waals surface area contributed by atoms with Crippen LogP contribution in [0.25, 0.3) is 0 Å². The van der Waals surface area contributed by atoms with E-state index < -0.39 is 0 Å². The molecule has 0 fully saturated rings. The summed E-state index contributed by atoms with van der Waals surface area (Å²) in [5.41, 5.74) is 7.27. The molecule has 1 aromatic rings. The van der Waals surface area contributed by atoms with Crippen LogP contribution in [-0.2, 0) is 11.3 Å². The number of amides is 1. The third-order valence-electron chi connectivity index (χ3n) is 3.58. The molecule has 1 aromatic carbocycles. The van der Waals surface area contributed by atoms with Crippen LogP contribution in [0, 0.1) is 23.2 Å². The van der Waals surface area contributed by atoms with Crippen molar-refractivity contribution in [3.63, 3.8) is 0 Å². The molecular weight excluding hydrogens is 262 g/mol. The van der Waals surface area contributed by atoms with E-state index >= 15 is 0 Å². The number of hydrogen-bond donors (Lipinski definition) is 1. The Labute approximate surface area is 127 Å². The molecule has 0 aliphatic heterocycles. The highest BCUT2D eigenvalue weighted by molar-refractivity contribution is 5.79. The maximum absolute atomic E-state index is 12.6. The monoisotopic (exact) mass is 287 g/mol. The van der Waals surface area contributed by atoms with Gasteiger partial charge in [0.1, 0.15) is 0 Å². The fraction of sp³-hybridized carbons (Fsp3) is 0.529. The molecule has 0 saturated heterocycles. The summed E-state index contributed by atoms with van der Waals surface area (Å²) in [6.07, 6.45) is 0.797. The summed E-state index contributed by atoms with van der Waals surface area (Å²) in [5.74, 6) is 0.383. The molecule has 2 N–H and O–H groups in total. The molecule has 4 heteroatoms. The van der Waals surface area contributed by atoms with E-state index in [2.05, 4.69) is 19.9 Å². The SMILES string of the molecule is CCN(Cc1ccccc1C#N)C(=O)C(CN)CC(C)C. The number of carbonyl (C=O) groups is 1. The molecule has 21 heavy (non-hydrogen) atoms. The summed E-state index contributed by atoms with van der Waals surface area (Å²) < 4.78 is 0. The Hall–Kier alpha value is -1.86. The van der Waals surface area contributed by atoms with Crippen LogP contribution < -0.4 is 5.73 Å². The van der Waals surface area contributed by atoms with Crippen molar-refractivity contribution in [3.8, 4) is 6.07 Å². The number of nitrogens with zero attached hydrogens (tertiary/aromatic N) is 2. The first-order valence-corrected chi connectivity index (χ1v) is 7.50. The zero-order valence-electron chi connectivity index (χ0n) is 13.2. The lowest BCUT2D eigenvalue weighted by Crippen LogP contribution is -2.39. The van der Waals surface area contributed by atoms with Crippen molar-refractivity contribution in [3.05, 3.63) is 35.4 Å². The van der Waals surface area contributed by atoms with E-state index in [0.29, 0.717) is 31.1 Å². The van der Waals surface area contributed by atoms with Gasteiger partial charge in [0.05, 0.1) is 17.6 Å². The summed E-state index contributed by atoms with van der Waals surface area (Å²) >= 11 is 0. The third kappa shape index (κ3) is 4.87. The Bertz CT molecular complexity index is 505. The summed E-state index contributed by atoms with van der Waals surface area (Å²) in [7, 11) is 0. The van der Waals surface area contributed by atoms with E-state index in [1.54, 1.807) is 11.0 Å². The Morgan fingerprint density at radius 3 is 2.57 bits per heavy atom. The van der Waals surface area contributed by atoms with Gasteiger partial charge in [0, 0.05) is 19.6 Å². The van der Waals surface area contributed by atoms with Crippen LogP contribution in [0.1, 0.15) is 38.3 Å². The van der Waals surface area contributed by atoms with Gasteiger partial charge in [0.2, 0.25) is 5.91 Å². The van der Waals surface area contributed by atoms with Crippen LogP contribution in [0.15, 0.2) is 24.3 Å². The van der Waals surface area contributed by atoms with Gasteiger partial charge in [-0.15, -0.1) is 0 Å². The maximum Gasteiger partial charge on any atom is 0.227 e. The van der Waals surface area contributed by atoms with Crippen LogP contribution in [0.3, 0.4) is 0 Å². The zero-order chi connectivity index (χ0) is 15.8. The molecule has 4 nitrogen and oxygen atoms in total. The third-order valence-corrected chi connectivity index (χ3v) is 3.58. The molecule has 0 saturated carbocycles. The largest absolute Gasteiger partial charge is 0.338 e. The van der Waals surface area contributed by atoms with E-state index in [1.807, 2.05) is 25.1 Å². The van der Waals surface area contributed by atoms with Gasteiger partial charge in [0.15, 0.2) is 0 Å². The number of carbonyl (C=O) groups excluding carboxylic acids is 1. The van der Waals surface area contributed by atoms with Gasteiger partial charge in [-0.25, -0.2) is 0 Å². The van der Waals surface area contributed by atoms with E-state index in [9.17, 15) is 4.79 Å². The van der Waals surface area contributed by atoms with Crippen LogP contribution >= 0.6 is 0 Å². The first kappa shape index (κ1) is 17.2. The van der Waals surface area contributed by atoms with Gasteiger partial charge in [-0.05, 0) is 30.9 Å².